The van der Waals surface area contributed by atoms with E-state index in [1.807, 2.05) is 37.3 Å². The summed E-state index contributed by atoms with van der Waals surface area (Å²) in [6, 6.07) is 9.67. The topological polar surface area (TPSA) is 92.8 Å². The highest BCUT2D eigenvalue weighted by Gasteiger charge is 2.18. The van der Waals surface area contributed by atoms with Crippen LogP contribution in [-0.2, 0) is 6.42 Å². The van der Waals surface area contributed by atoms with Crippen molar-refractivity contribution in [2.75, 3.05) is 12.4 Å². The van der Waals surface area contributed by atoms with Crippen molar-refractivity contribution in [1.29, 1.82) is 0 Å². The van der Waals surface area contributed by atoms with Gasteiger partial charge < -0.3 is 15.0 Å². The molecule has 1 aromatic carbocycles. The second kappa shape index (κ2) is 9.07. The Kier molecular flexibility index (Phi) is 6.07. The molecule has 1 amide bonds. The lowest BCUT2D eigenvalue weighted by Crippen LogP contribution is -2.15. The molecule has 7 nitrogen and oxygen atoms in total. The Labute approximate surface area is 176 Å². The van der Waals surface area contributed by atoms with Crippen LogP contribution in [-0.4, -0.2) is 33.2 Å². The fraction of sp³-hybridized carbons (Fsp3) is 0.391. The number of aromatic amines is 1. The van der Waals surface area contributed by atoms with Crippen LogP contribution in [0.25, 0.3) is 11.1 Å². The number of hydrogen-bond acceptors (Lipinski definition) is 5. The van der Waals surface area contributed by atoms with Crippen molar-refractivity contribution < 1.29 is 9.53 Å². The average Bonchev–Trinajstić information content (AvgIpc) is 3.24. The first-order valence-electron chi connectivity index (χ1n) is 10.5. The van der Waals surface area contributed by atoms with Crippen molar-refractivity contribution >= 4 is 11.7 Å². The number of methoxy groups -OCH3 is 1. The molecule has 0 radical (unpaired) electrons. The zero-order valence-electron chi connectivity index (χ0n) is 17.4. The van der Waals surface area contributed by atoms with Crippen LogP contribution in [0.15, 0.2) is 36.5 Å². The SMILES string of the molecule is COc1ccc(C)c(-c2ccnc(NC(=O)c3nnc(CC4CCCCC4)[nH]3)c2)c1. The summed E-state index contributed by atoms with van der Waals surface area (Å²) >= 11 is 0. The number of aromatic nitrogens is 4. The number of pyridine rings is 1. The molecular formula is C23H27N5O2. The smallest absolute Gasteiger partial charge is 0.294 e. The maximum absolute atomic E-state index is 12.6. The Bertz CT molecular complexity index is 1020. The first kappa shape index (κ1) is 20.1. The van der Waals surface area contributed by atoms with Gasteiger partial charge in [0, 0.05) is 12.6 Å². The number of H-pyrrole nitrogens is 1. The number of nitrogens with one attached hydrogen (secondary N) is 2. The zero-order valence-corrected chi connectivity index (χ0v) is 17.4. The van der Waals surface area contributed by atoms with Gasteiger partial charge in [-0.3, -0.25) is 4.79 Å². The number of carbonyl (C=O) groups excluding carboxylic acids is 1. The van der Waals surface area contributed by atoms with Crippen molar-refractivity contribution in [3.8, 4) is 16.9 Å². The van der Waals surface area contributed by atoms with E-state index in [1.165, 1.54) is 32.1 Å². The van der Waals surface area contributed by atoms with Gasteiger partial charge >= 0.3 is 0 Å². The van der Waals surface area contributed by atoms with E-state index in [0.29, 0.717) is 11.7 Å². The Hall–Kier alpha value is -3.22. The van der Waals surface area contributed by atoms with Gasteiger partial charge in [0.1, 0.15) is 17.4 Å². The van der Waals surface area contributed by atoms with E-state index in [9.17, 15) is 4.79 Å². The average molecular weight is 406 g/mol. The minimum atomic E-state index is -0.343. The summed E-state index contributed by atoms with van der Waals surface area (Å²) < 4.78 is 5.34. The number of rotatable bonds is 6. The molecule has 2 N–H and O–H groups in total. The van der Waals surface area contributed by atoms with Gasteiger partial charge in [0.25, 0.3) is 5.91 Å². The molecule has 3 aromatic rings. The molecular weight excluding hydrogens is 378 g/mol. The van der Waals surface area contributed by atoms with Crippen LogP contribution in [0.3, 0.4) is 0 Å². The van der Waals surface area contributed by atoms with E-state index in [4.69, 9.17) is 4.74 Å². The zero-order chi connectivity index (χ0) is 20.9. The van der Waals surface area contributed by atoms with Gasteiger partial charge in [-0.1, -0.05) is 38.2 Å². The molecule has 1 aliphatic rings. The number of hydrogen-bond donors (Lipinski definition) is 2. The largest absolute Gasteiger partial charge is 0.497 e. The van der Waals surface area contributed by atoms with Crippen LogP contribution in [0.1, 0.15) is 54.1 Å². The van der Waals surface area contributed by atoms with Crippen molar-refractivity contribution in [2.24, 2.45) is 5.92 Å². The molecule has 0 saturated heterocycles. The lowest BCUT2D eigenvalue weighted by Gasteiger charge is -2.19. The summed E-state index contributed by atoms with van der Waals surface area (Å²) in [6.07, 6.45) is 8.86. The monoisotopic (exact) mass is 405 g/mol. The molecule has 0 atom stereocenters. The van der Waals surface area contributed by atoms with Gasteiger partial charge in [-0.2, -0.15) is 0 Å². The maximum atomic E-state index is 12.6. The molecule has 30 heavy (non-hydrogen) atoms. The molecule has 1 aliphatic carbocycles. The first-order chi connectivity index (χ1) is 14.6. The van der Waals surface area contributed by atoms with Gasteiger partial charge in [-0.25, -0.2) is 4.98 Å². The van der Waals surface area contributed by atoms with Crippen molar-refractivity contribution in [3.05, 3.63) is 53.7 Å². The third kappa shape index (κ3) is 4.67. The van der Waals surface area contributed by atoms with Gasteiger partial charge in [-0.05, 0) is 53.8 Å². The summed E-state index contributed by atoms with van der Waals surface area (Å²) in [7, 11) is 1.65. The van der Waals surface area contributed by atoms with Crippen LogP contribution in [0, 0.1) is 12.8 Å². The molecule has 1 fully saturated rings. The standard InChI is InChI=1S/C23H27N5O2/c1-15-8-9-18(30-2)14-19(15)17-10-11-24-20(13-17)26-23(29)22-25-21(27-28-22)12-16-6-4-3-5-7-16/h8-11,13-14,16H,3-7,12H2,1-2H3,(H,24,26,29)(H,25,27,28). The summed E-state index contributed by atoms with van der Waals surface area (Å²) in [5.41, 5.74) is 3.09. The molecule has 7 heteroatoms. The van der Waals surface area contributed by atoms with Gasteiger partial charge in [-0.15, -0.1) is 10.2 Å². The minimum absolute atomic E-state index is 0.213. The first-order valence-corrected chi connectivity index (χ1v) is 10.5. The minimum Gasteiger partial charge on any atom is -0.497 e. The van der Waals surface area contributed by atoms with E-state index in [-0.39, 0.29) is 11.7 Å². The molecule has 4 rings (SSSR count). The van der Waals surface area contributed by atoms with Crippen molar-refractivity contribution in [3.63, 3.8) is 0 Å². The van der Waals surface area contributed by atoms with Crippen LogP contribution >= 0.6 is 0 Å². The quantitative estimate of drug-likeness (QED) is 0.627. The van der Waals surface area contributed by atoms with E-state index < -0.39 is 0 Å². The number of carbonyl (C=O) groups is 1. The van der Waals surface area contributed by atoms with Gasteiger partial charge in [0.2, 0.25) is 5.82 Å². The fourth-order valence-corrected chi connectivity index (χ4v) is 4.04. The van der Waals surface area contributed by atoms with Gasteiger partial charge in [0.15, 0.2) is 0 Å². The Morgan fingerprint density at radius 1 is 1.17 bits per heavy atom. The van der Waals surface area contributed by atoms with Crippen LogP contribution in [0.4, 0.5) is 5.82 Å². The molecule has 156 valence electrons. The Morgan fingerprint density at radius 3 is 2.80 bits per heavy atom. The predicted molar refractivity (Wildman–Crippen MR) is 116 cm³/mol. The van der Waals surface area contributed by atoms with E-state index in [0.717, 1.165) is 34.7 Å². The van der Waals surface area contributed by atoms with Crippen molar-refractivity contribution in [2.45, 2.75) is 45.4 Å². The predicted octanol–water partition coefficient (Wildman–Crippen LogP) is 4.56. The molecule has 1 saturated carbocycles. The van der Waals surface area contributed by atoms with Crippen molar-refractivity contribution in [1.82, 2.24) is 20.2 Å². The van der Waals surface area contributed by atoms with E-state index in [1.54, 1.807) is 13.3 Å². The summed E-state index contributed by atoms with van der Waals surface area (Å²) in [5.74, 6) is 2.53. The number of ether oxygens (including phenoxy) is 1. The molecule has 0 spiro atoms. The molecule has 0 aliphatic heterocycles. The van der Waals surface area contributed by atoms with Crippen LogP contribution < -0.4 is 10.1 Å². The Balaban J connectivity index is 1.46. The Morgan fingerprint density at radius 2 is 2.00 bits per heavy atom. The molecule has 2 aromatic heterocycles. The third-order valence-corrected chi connectivity index (χ3v) is 5.71. The van der Waals surface area contributed by atoms with Crippen LogP contribution in [0.2, 0.25) is 0 Å². The normalized spacial score (nSPS) is 14.5. The summed E-state index contributed by atoms with van der Waals surface area (Å²) in [5, 5.41) is 11.0. The fourth-order valence-electron chi connectivity index (χ4n) is 4.04. The van der Waals surface area contributed by atoms with E-state index >= 15 is 0 Å². The summed E-state index contributed by atoms with van der Waals surface area (Å²) in [6.45, 7) is 2.04. The van der Waals surface area contributed by atoms with Crippen LogP contribution in [0.5, 0.6) is 5.75 Å². The second-order valence-electron chi connectivity index (χ2n) is 7.89. The van der Waals surface area contributed by atoms with Gasteiger partial charge in [0.05, 0.1) is 7.11 Å². The lowest BCUT2D eigenvalue weighted by atomic mass is 9.87. The summed E-state index contributed by atoms with van der Waals surface area (Å²) in [4.78, 5) is 20.0. The third-order valence-electron chi connectivity index (χ3n) is 5.71. The lowest BCUT2D eigenvalue weighted by molar-refractivity contribution is 0.101. The number of aryl methyl sites for hydroxylation is 1. The molecule has 0 bridgehead atoms. The number of anilines is 1. The number of nitrogens with zero attached hydrogens (tertiary/aromatic N) is 3. The molecule has 2 heterocycles. The highest BCUT2D eigenvalue weighted by atomic mass is 16.5. The highest BCUT2D eigenvalue weighted by Crippen LogP contribution is 2.29. The maximum Gasteiger partial charge on any atom is 0.294 e. The number of benzene rings is 1. The van der Waals surface area contributed by atoms with E-state index in [2.05, 4.69) is 25.5 Å². The second-order valence-corrected chi connectivity index (χ2v) is 7.89. The highest BCUT2D eigenvalue weighted by molar-refractivity contribution is 6.01. The molecule has 0 unspecified atom stereocenters. The number of amides is 1.